The summed E-state index contributed by atoms with van der Waals surface area (Å²) in [4.78, 5) is 20.3. The summed E-state index contributed by atoms with van der Waals surface area (Å²) in [6.07, 6.45) is 7.96. The highest BCUT2D eigenvalue weighted by molar-refractivity contribution is 5.86. The van der Waals surface area contributed by atoms with Crippen LogP contribution in [-0.2, 0) is 9.59 Å². The molecule has 0 aliphatic rings. The molecule has 0 aliphatic heterocycles. The Balaban J connectivity index is 3.12. The molecule has 0 aromatic heterocycles. The highest BCUT2D eigenvalue weighted by atomic mass is 16.4. The molecule has 0 saturated carbocycles. The Morgan fingerprint density at radius 3 is 1.88 bits per heavy atom. The average Bonchev–Trinajstić information content (AvgIpc) is 2.25. The van der Waals surface area contributed by atoms with Crippen LogP contribution in [0.4, 0.5) is 0 Å². The summed E-state index contributed by atoms with van der Waals surface area (Å²) in [5.74, 6) is 2.89. The number of unbranched alkanes of at least 4 members (excludes halogenated alkanes) is 7. The van der Waals surface area contributed by atoms with Crippen molar-refractivity contribution >= 4 is 11.9 Å². The molecule has 96 valence electrons. The molecule has 0 unspecified atom stereocenters. The lowest BCUT2D eigenvalue weighted by Crippen LogP contribution is -1.93. The molecule has 0 heterocycles. The number of carbonyl (C=O) groups is 2. The van der Waals surface area contributed by atoms with Gasteiger partial charge in [0, 0.05) is 18.8 Å². The molecule has 0 radical (unpaired) electrons. The van der Waals surface area contributed by atoms with Crippen LogP contribution < -0.4 is 0 Å². The van der Waals surface area contributed by atoms with Gasteiger partial charge in [0.15, 0.2) is 0 Å². The van der Waals surface area contributed by atoms with Gasteiger partial charge in [-0.3, -0.25) is 4.79 Å². The zero-order valence-corrected chi connectivity index (χ0v) is 10.1. The number of rotatable bonds is 9. The summed E-state index contributed by atoms with van der Waals surface area (Å²) in [6, 6.07) is 0. The summed E-state index contributed by atoms with van der Waals surface area (Å²) >= 11 is 0. The second-order valence-corrected chi connectivity index (χ2v) is 3.98. The SMILES string of the molecule is O=C(O)C#CCCCCCCCCCC(=O)O. The van der Waals surface area contributed by atoms with Gasteiger partial charge in [0.05, 0.1) is 0 Å². The maximum absolute atomic E-state index is 10.2. The molecule has 0 aromatic carbocycles. The Kier molecular flexibility index (Phi) is 10.0. The lowest BCUT2D eigenvalue weighted by atomic mass is 10.1. The van der Waals surface area contributed by atoms with E-state index in [0.717, 1.165) is 44.9 Å². The van der Waals surface area contributed by atoms with Crippen LogP contribution >= 0.6 is 0 Å². The zero-order valence-electron chi connectivity index (χ0n) is 10.1. The molecular formula is C13H20O4. The van der Waals surface area contributed by atoms with Crippen LogP contribution in [0.5, 0.6) is 0 Å². The fourth-order valence-corrected chi connectivity index (χ4v) is 1.51. The van der Waals surface area contributed by atoms with Gasteiger partial charge in [0.25, 0.3) is 0 Å². The molecule has 0 rings (SSSR count). The fraction of sp³-hybridized carbons (Fsp3) is 0.692. The second kappa shape index (κ2) is 11.0. The van der Waals surface area contributed by atoms with E-state index in [4.69, 9.17) is 10.2 Å². The molecule has 0 saturated heterocycles. The van der Waals surface area contributed by atoms with Crippen molar-refractivity contribution in [2.45, 2.75) is 57.8 Å². The van der Waals surface area contributed by atoms with E-state index in [-0.39, 0.29) is 6.42 Å². The zero-order chi connectivity index (χ0) is 12.9. The smallest absolute Gasteiger partial charge is 0.381 e. The fourth-order valence-electron chi connectivity index (χ4n) is 1.51. The topological polar surface area (TPSA) is 74.6 Å². The molecule has 4 nitrogen and oxygen atoms in total. The van der Waals surface area contributed by atoms with Gasteiger partial charge in [-0.2, -0.15) is 0 Å². The van der Waals surface area contributed by atoms with Crippen LogP contribution in [-0.4, -0.2) is 22.2 Å². The van der Waals surface area contributed by atoms with E-state index in [1.807, 2.05) is 0 Å². The largest absolute Gasteiger partial charge is 0.481 e. The van der Waals surface area contributed by atoms with E-state index >= 15 is 0 Å². The van der Waals surface area contributed by atoms with Crippen molar-refractivity contribution in [2.24, 2.45) is 0 Å². The predicted molar refractivity (Wildman–Crippen MR) is 64.6 cm³/mol. The molecule has 17 heavy (non-hydrogen) atoms. The monoisotopic (exact) mass is 240 g/mol. The third-order valence-corrected chi connectivity index (χ3v) is 2.39. The van der Waals surface area contributed by atoms with Gasteiger partial charge in [-0.25, -0.2) is 4.79 Å². The van der Waals surface area contributed by atoms with Crippen LogP contribution in [0.1, 0.15) is 57.8 Å². The van der Waals surface area contributed by atoms with E-state index in [9.17, 15) is 9.59 Å². The first-order valence-corrected chi connectivity index (χ1v) is 6.06. The quantitative estimate of drug-likeness (QED) is 0.480. The summed E-state index contributed by atoms with van der Waals surface area (Å²) in [7, 11) is 0. The Morgan fingerprint density at radius 1 is 0.824 bits per heavy atom. The van der Waals surface area contributed by atoms with Gasteiger partial charge in [-0.15, -0.1) is 0 Å². The molecule has 0 aromatic rings. The van der Waals surface area contributed by atoms with Crippen molar-refractivity contribution in [3.05, 3.63) is 0 Å². The molecule has 0 aliphatic carbocycles. The standard InChI is InChI=1S/C13H20O4/c14-12(15)10-8-6-4-2-1-3-5-7-9-11-13(16)17/h1-8,10H2,(H,14,15)(H,16,17). The van der Waals surface area contributed by atoms with E-state index in [1.165, 1.54) is 0 Å². The van der Waals surface area contributed by atoms with Crippen LogP contribution in [0, 0.1) is 11.8 Å². The van der Waals surface area contributed by atoms with Crippen molar-refractivity contribution in [3.63, 3.8) is 0 Å². The van der Waals surface area contributed by atoms with Crippen LogP contribution in [0.15, 0.2) is 0 Å². The number of carboxylic acids is 2. The van der Waals surface area contributed by atoms with Crippen molar-refractivity contribution < 1.29 is 19.8 Å². The summed E-state index contributed by atoms with van der Waals surface area (Å²) in [5.41, 5.74) is 0. The van der Waals surface area contributed by atoms with Crippen molar-refractivity contribution in [1.29, 1.82) is 0 Å². The Labute approximate surface area is 102 Å². The molecule has 0 spiro atoms. The van der Waals surface area contributed by atoms with Crippen molar-refractivity contribution in [3.8, 4) is 11.8 Å². The minimum Gasteiger partial charge on any atom is -0.481 e. The van der Waals surface area contributed by atoms with Gasteiger partial charge in [-0.1, -0.05) is 38.0 Å². The third-order valence-electron chi connectivity index (χ3n) is 2.39. The van der Waals surface area contributed by atoms with Gasteiger partial charge in [-0.05, 0) is 12.8 Å². The van der Waals surface area contributed by atoms with E-state index in [0.29, 0.717) is 6.42 Å². The molecule has 0 bridgehead atoms. The summed E-state index contributed by atoms with van der Waals surface area (Å²) in [6.45, 7) is 0. The molecule has 0 fully saturated rings. The minimum absolute atomic E-state index is 0.269. The van der Waals surface area contributed by atoms with E-state index in [1.54, 1.807) is 0 Å². The van der Waals surface area contributed by atoms with Gasteiger partial charge < -0.3 is 10.2 Å². The Bertz CT molecular complexity index is 286. The number of hydrogen-bond acceptors (Lipinski definition) is 2. The molecule has 4 heteroatoms. The number of hydrogen-bond donors (Lipinski definition) is 2. The summed E-state index contributed by atoms with van der Waals surface area (Å²) in [5, 5.41) is 16.7. The minimum atomic E-state index is -1.07. The van der Waals surface area contributed by atoms with Crippen molar-refractivity contribution in [1.82, 2.24) is 0 Å². The Hall–Kier alpha value is -1.50. The second-order valence-electron chi connectivity index (χ2n) is 3.98. The molecule has 0 amide bonds. The van der Waals surface area contributed by atoms with Crippen LogP contribution in [0.2, 0.25) is 0 Å². The first kappa shape index (κ1) is 15.5. The number of carboxylic acid groups (broad SMARTS) is 2. The molecule has 2 N–H and O–H groups in total. The Morgan fingerprint density at radius 2 is 1.35 bits per heavy atom. The highest BCUT2D eigenvalue weighted by Crippen LogP contribution is 2.09. The lowest BCUT2D eigenvalue weighted by molar-refractivity contribution is -0.137. The van der Waals surface area contributed by atoms with Crippen LogP contribution in [0.25, 0.3) is 0 Å². The normalized spacial score (nSPS) is 9.41. The van der Waals surface area contributed by atoms with E-state index < -0.39 is 11.9 Å². The van der Waals surface area contributed by atoms with Crippen molar-refractivity contribution in [2.75, 3.05) is 0 Å². The highest BCUT2D eigenvalue weighted by Gasteiger charge is 1.96. The lowest BCUT2D eigenvalue weighted by Gasteiger charge is -1.99. The maximum Gasteiger partial charge on any atom is 0.381 e. The third kappa shape index (κ3) is 14.5. The maximum atomic E-state index is 10.2. The van der Waals surface area contributed by atoms with Crippen LogP contribution in [0.3, 0.4) is 0 Å². The first-order chi connectivity index (χ1) is 8.13. The van der Waals surface area contributed by atoms with Gasteiger partial charge >= 0.3 is 11.9 Å². The van der Waals surface area contributed by atoms with Gasteiger partial charge in [0.1, 0.15) is 0 Å². The van der Waals surface area contributed by atoms with Gasteiger partial charge in [0.2, 0.25) is 0 Å². The average molecular weight is 240 g/mol. The molecule has 0 atom stereocenters. The number of aliphatic carboxylic acids is 2. The molecular weight excluding hydrogens is 220 g/mol. The predicted octanol–water partition coefficient (Wildman–Crippen LogP) is 2.67. The summed E-state index contributed by atoms with van der Waals surface area (Å²) < 4.78 is 0. The van der Waals surface area contributed by atoms with E-state index in [2.05, 4.69) is 11.8 Å². The first-order valence-electron chi connectivity index (χ1n) is 6.06.